The van der Waals surface area contributed by atoms with Gasteiger partial charge >= 0.3 is 0 Å². The van der Waals surface area contributed by atoms with Gasteiger partial charge in [0, 0.05) is 10.9 Å². The summed E-state index contributed by atoms with van der Waals surface area (Å²) in [4.78, 5) is 11.7. The van der Waals surface area contributed by atoms with E-state index in [4.69, 9.17) is 0 Å². The van der Waals surface area contributed by atoms with Crippen LogP contribution in [0.3, 0.4) is 0 Å². The first-order chi connectivity index (χ1) is 7.63. The summed E-state index contributed by atoms with van der Waals surface area (Å²) in [6.07, 6.45) is 2.38. The van der Waals surface area contributed by atoms with E-state index >= 15 is 0 Å². The molecule has 1 aromatic carbocycles. The first-order valence-corrected chi connectivity index (χ1v) is 6.37. The summed E-state index contributed by atoms with van der Waals surface area (Å²) in [7, 11) is 0. The van der Waals surface area contributed by atoms with Gasteiger partial charge in [-0.15, -0.1) is 0 Å². The zero-order valence-electron chi connectivity index (χ0n) is 8.80. The van der Waals surface area contributed by atoms with Crippen LogP contribution in [0.4, 0.5) is 4.39 Å². The zero-order chi connectivity index (χ0) is 11.6. The van der Waals surface area contributed by atoms with Gasteiger partial charge in [-0.2, -0.15) is 0 Å². The number of amides is 1. The number of benzene rings is 1. The van der Waals surface area contributed by atoms with Crippen molar-refractivity contribution >= 4 is 21.8 Å². The van der Waals surface area contributed by atoms with Gasteiger partial charge in [0.15, 0.2) is 0 Å². The van der Waals surface area contributed by atoms with Gasteiger partial charge in [-0.3, -0.25) is 4.79 Å². The van der Waals surface area contributed by atoms with Gasteiger partial charge in [0.2, 0.25) is 5.91 Å². The Balaban J connectivity index is 1.90. The molecule has 86 valence electrons. The van der Waals surface area contributed by atoms with Crippen LogP contribution in [0.2, 0.25) is 0 Å². The Labute approximate surface area is 102 Å². The summed E-state index contributed by atoms with van der Waals surface area (Å²) in [6, 6.07) is 6.03. The molecule has 0 unspecified atom stereocenters. The fourth-order valence-corrected chi connectivity index (χ4v) is 2.27. The van der Waals surface area contributed by atoms with E-state index in [-0.39, 0.29) is 17.3 Å². The molecule has 0 spiro atoms. The second-order valence-electron chi connectivity index (χ2n) is 4.27. The molecular formula is C12H13BrFNO. The molecule has 4 heteroatoms. The number of alkyl halides is 1. The van der Waals surface area contributed by atoms with Gasteiger partial charge in [0.1, 0.15) is 5.82 Å². The van der Waals surface area contributed by atoms with Gasteiger partial charge in [-0.1, -0.05) is 28.1 Å². The normalized spacial score (nSPS) is 16.9. The Hall–Kier alpha value is -0.900. The zero-order valence-corrected chi connectivity index (χ0v) is 10.4. The van der Waals surface area contributed by atoms with E-state index in [0.29, 0.717) is 6.42 Å². The summed E-state index contributed by atoms with van der Waals surface area (Å²) >= 11 is 3.39. The lowest BCUT2D eigenvalue weighted by molar-refractivity contribution is -0.121. The molecule has 0 heterocycles. The lowest BCUT2D eigenvalue weighted by Gasteiger charge is -2.13. The first kappa shape index (κ1) is 11.6. The Kier molecular flexibility index (Phi) is 3.28. The average molecular weight is 286 g/mol. The van der Waals surface area contributed by atoms with E-state index in [0.717, 1.165) is 23.7 Å². The van der Waals surface area contributed by atoms with Crippen LogP contribution in [0.15, 0.2) is 24.3 Å². The highest BCUT2D eigenvalue weighted by Crippen LogP contribution is 2.36. The molecule has 0 atom stereocenters. The molecule has 1 N–H and O–H groups in total. The fraction of sp³-hybridized carbons (Fsp3) is 0.417. The van der Waals surface area contributed by atoms with E-state index in [2.05, 4.69) is 21.2 Å². The Morgan fingerprint density at radius 1 is 1.38 bits per heavy atom. The molecule has 1 fully saturated rings. The number of hydrogen-bond acceptors (Lipinski definition) is 1. The molecule has 0 radical (unpaired) electrons. The number of nitrogens with one attached hydrogen (secondary N) is 1. The Morgan fingerprint density at radius 2 is 2.00 bits per heavy atom. The first-order valence-electron chi connectivity index (χ1n) is 5.25. The quantitative estimate of drug-likeness (QED) is 0.846. The summed E-state index contributed by atoms with van der Waals surface area (Å²) in [6.45, 7) is 0. The summed E-state index contributed by atoms with van der Waals surface area (Å²) in [5.74, 6) is -0.271. The smallest absolute Gasteiger partial charge is 0.224 e. The van der Waals surface area contributed by atoms with Gasteiger partial charge < -0.3 is 5.32 Å². The number of carbonyl (C=O) groups is 1. The highest BCUT2D eigenvalue weighted by molar-refractivity contribution is 9.09. The lowest BCUT2D eigenvalue weighted by atomic mass is 10.1. The topological polar surface area (TPSA) is 29.1 Å². The molecule has 1 aliphatic rings. The standard InChI is InChI=1S/C12H13BrFNO/c13-8-12(5-6-12)15-11(16)7-9-1-3-10(14)4-2-9/h1-4H,5-8H2,(H,15,16). The molecule has 1 aromatic rings. The third-order valence-electron chi connectivity index (χ3n) is 2.79. The highest BCUT2D eigenvalue weighted by atomic mass is 79.9. The van der Waals surface area contributed by atoms with Crippen LogP contribution in [0, 0.1) is 5.82 Å². The maximum atomic E-state index is 12.7. The van der Waals surface area contributed by atoms with Gasteiger partial charge in [-0.05, 0) is 30.5 Å². The largest absolute Gasteiger partial charge is 0.350 e. The van der Waals surface area contributed by atoms with E-state index in [1.54, 1.807) is 12.1 Å². The van der Waals surface area contributed by atoms with Gasteiger partial charge in [-0.25, -0.2) is 4.39 Å². The van der Waals surface area contributed by atoms with Crippen molar-refractivity contribution in [3.63, 3.8) is 0 Å². The molecule has 0 aliphatic heterocycles. The molecule has 1 aliphatic carbocycles. The van der Waals surface area contributed by atoms with Crippen molar-refractivity contribution in [3.8, 4) is 0 Å². The molecule has 16 heavy (non-hydrogen) atoms. The minimum atomic E-state index is -0.275. The van der Waals surface area contributed by atoms with Crippen molar-refractivity contribution in [3.05, 3.63) is 35.6 Å². The van der Waals surface area contributed by atoms with Crippen LogP contribution < -0.4 is 5.32 Å². The van der Waals surface area contributed by atoms with Crippen LogP contribution >= 0.6 is 15.9 Å². The lowest BCUT2D eigenvalue weighted by Crippen LogP contribution is -2.38. The van der Waals surface area contributed by atoms with E-state index in [1.165, 1.54) is 12.1 Å². The summed E-state index contributed by atoms with van der Waals surface area (Å²) < 4.78 is 12.7. The van der Waals surface area contributed by atoms with Crippen LogP contribution in [-0.4, -0.2) is 16.8 Å². The second-order valence-corrected chi connectivity index (χ2v) is 4.83. The van der Waals surface area contributed by atoms with Crippen molar-refractivity contribution in [1.82, 2.24) is 5.32 Å². The minimum absolute atomic E-state index is 0.00329. The predicted molar refractivity (Wildman–Crippen MR) is 64.0 cm³/mol. The molecule has 1 saturated carbocycles. The maximum Gasteiger partial charge on any atom is 0.224 e. The number of rotatable bonds is 4. The summed E-state index contributed by atoms with van der Waals surface area (Å²) in [5, 5.41) is 3.80. The van der Waals surface area contributed by atoms with Crippen molar-refractivity contribution in [2.24, 2.45) is 0 Å². The predicted octanol–water partition coefficient (Wildman–Crippen LogP) is 2.41. The average Bonchev–Trinajstić information content (AvgIpc) is 3.02. The molecule has 1 amide bonds. The van der Waals surface area contributed by atoms with Crippen LogP contribution in [0.1, 0.15) is 18.4 Å². The van der Waals surface area contributed by atoms with Crippen molar-refractivity contribution in [2.75, 3.05) is 5.33 Å². The van der Waals surface area contributed by atoms with Crippen molar-refractivity contribution in [2.45, 2.75) is 24.8 Å². The molecule has 0 aromatic heterocycles. The minimum Gasteiger partial charge on any atom is -0.350 e. The Morgan fingerprint density at radius 3 is 2.50 bits per heavy atom. The number of halogens is 2. The summed E-state index contributed by atoms with van der Waals surface area (Å²) in [5.41, 5.74) is 0.821. The molecular weight excluding hydrogens is 273 g/mol. The third-order valence-corrected chi connectivity index (χ3v) is 3.87. The van der Waals surface area contributed by atoms with Crippen LogP contribution in [0.5, 0.6) is 0 Å². The van der Waals surface area contributed by atoms with Crippen molar-refractivity contribution < 1.29 is 9.18 Å². The second kappa shape index (κ2) is 4.53. The van der Waals surface area contributed by atoms with E-state index < -0.39 is 0 Å². The SMILES string of the molecule is O=C(Cc1ccc(F)cc1)NC1(CBr)CC1. The van der Waals surface area contributed by atoms with Crippen LogP contribution in [0.25, 0.3) is 0 Å². The molecule has 0 bridgehead atoms. The fourth-order valence-electron chi connectivity index (χ4n) is 1.57. The maximum absolute atomic E-state index is 12.7. The number of carbonyl (C=O) groups excluding carboxylic acids is 1. The van der Waals surface area contributed by atoms with Gasteiger partial charge in [0.05, 0.1) is 6.42 Å². The monoisotopic (exact) mass is 285 g/mol. The molecule has 2 rings (SSSR count). The van der Waals surface area contributed by atoms with Crippen LogP contribution in [-0.2, 0) is 11.2 Å². The number of hydrogen-bond donors (Lipinski definition) is 1. The third kappa shape index (κ3) is 2.82. The van der Waals surface area contributed by atoms with E-state index in [9.17, 15) is 9.18 Å². The van der Waals surface area contributed by atoms with Crippen molar-refractivity contribution in [1.29, 1.82) is 0 Å². The Bertz CT molecular complexity index is 387. The molecule has 0 saturated heterocycles. The molecule has 2 nitrogen and oxygen atoms in total. The van der Waals surface area contributed by atoms with Gasteiger partial charge in [0.25, 0.3) is 0 Å². The van der Waals surface area contributed by atoms with E-state index in [1.807, 2.05) is 0 Å². The highest BCUT2D eigenvalue weighted by Gasteiger charge is 2.42.